The average Bonchev–Trinajstić information content (AvgIpc) is 2.65. The zero-order valence-electron chi connectivity index (χ0n) is 15.9. The maximum Gasteiger partial charge on any atom is 0.326 e. The number of hydrogen-bond acceptors (Lipinski definition) is 7. The fourth-order valence-corrected chi connectivity index (χ4v) is 2.31. The molecule has 0 spiro atoms. The lowest BCUT2D eigenvalue weighted by Gasteiger charge is -2.21. The third-order valence-electron chi connectivity index (χ3n) is 4.11. The first kappa shape index (κ1) is 25.7. The Kier molecular flexibility index (Phi) is 11.9. The van der Waals surface area contributed by atoms with Crippen LogP contribution in [-0.4, -0.2) is 65.1 Å². The molecule has 0 bridgehead atoms. The van der Waals surface area contributed by atoms with E-state index in [0.29, 0.717) is 6.42 Å². The first-order valence-electron chi connectivity index (χ1n) is 8.78. The number of rotatable bonds is 13. The summed E-state index contributed by atoms with van der Waals surface area (Å²) in [5, 5.41) is 16.0. The number of aliphatic carboxylic acids is 1. The predicted octanol–water partition coefficient (Wildman–Crippen LogP) is -2.27. The first-order valence-corrected chi connectivity index (χ1v) is 9.41. The number of thiol groups is 1. The van der Waals surface area contributed by atoms with Crippen LogP contribution in [0.15, 0.2) is 0 Å². The van der Waals surface area contributed by atoms with Gasteiger partial charge in [0.15, 0.2) is 0 Å². The minimum Gasteiger partial charge on any atom is -0.480 e. The van der Waals surface area contributed by atoms with Crippen LogP contribution in [0.2, 0.25) is 0 Å². The highest BCUT2D eigenvalue weighted by atomic mass is 32.1. The Bertz CT molecular complexity index is 588. The number of nitrogens with one attached hydrogen (secondary N) is 3. The molecule has 0 fully saturated rings. The summed E-state index contributed by atoms with van der Waals surface area (Å²) in [4.78, 5) is 58.0. The van der Waals surface area contributed by atoms with Crippen molar-refractivity contribution in [1.29, 1.82) is 0 Å². The Balaban J connectivity index is 4.66. The molecule has 0 rings (SSSR count). The minimum atomic E-state index is -1.34. The van der Waals surface area contributed by atoms with Gasteiger partial charge in [-0.2, -0.15) is 12.6 Å². The maximum absolute atomic E-state index is 12.2. The Labute approximate surface area is 168 Å². The van der Waals surface area contributed by atoms with Crippen LogP contribution in [0, 0.1) is 5.92 Å². The normalized spacial score (nSPS) is 14.9. The molecule has 4 atom stereocenters. The van der Waals surface area contributed by atoms with Crippen LogP contribution < -0.4 is 27.4 Å². The summed E-state index contributed by atoms with van der Waals surface area (Å²) < 4.78 is 0. The summed E-state index contributed by atoms with van der Waals surface area (Å²) >= 11 is 3.97. The number of amides is 4. The lowest BCUT2D eigenvalue weighted by Crippen LogP contribution is -2.54. The third kappa shape index (κ3) is 9.55. The second kappa shape index (κ2) is 12.9. The number of nitrogens with two attached hydrogens (primary N) is 2. The van der Waals surface area contributed by atoms with Crippen LogP contribution in [0.4, 0.5) is 0 Å². The van der Waals surface area contributed by atoms with Crippen molar-refractivity contribution >= 4 is 42.2 Å². The molecule has 0 aliphatic rings. The van der Waals surface area contributed by atoms with Crippen molar-refractivity contribution in [3.63, 3.8) is 0 Å². The molecule has 0 radical (unpaired) electrons. The summed E-state index contributed by atoms with van der Waals surface area (Å²) in [6.07, 6.45) is 0.286. The summed E-state index contributed by atoms with van der Waals surface area (Å²) in [5.74, 6) is -4.16. The van der Waals surface area contributed by atoms with Crippen molar-refractivity contribution in [1.82, 2.24) is 16.0 Å². The molecule has 8 N–H and O–H groups in total. The molecule has 0 heterocycles. The van der Waals surface area contributed by atoms with Crippen LogP contribution in [0.5, 0.6) is 0 Å². The van der Waals surface area contributed by atoms with Crippen LogP contribution in [0.25, 0.3) is 0 Å². The van der Waals surface area contributed by atoms with Gasteiger partial charge in [0.2, 0.25) is 23.6 Å². The number of carbonyl (C=O) groups is 5. The number of primary amides is 1. The van der Waals surface area contributed by atoms with Gasteiger partial charge in [0.05, 0.1) is 12.6 Å². The van der Waals surface area contributed by atoms with E-state index in [-0.39, 0.29) is 24.5 Å². The van der Waals surface area contributed by atoms with Crippen molar-refractivity contribution in [3.05, 3.63) is 0 Å². The minimum absolute atomic E-state index is 0.0626. The zero-order chi connectivity index (χ0) is 21.9. The van der Waals surface area contributed by atoms with Crippen molar-refractivity contribution in [2.45, 2.75) is 51.2 Å². The molecule has 4 unspecified atom stereocenters. The monoisotopic (exact) mass is 419 g/mol. The largest absolute Gasteiger partial charge is 0.480 e. The highest BCUT2D eigenvalue weighted by molar-refractivity contribution is 7.80. The summed E-state index contributed by atoms with van der Waals surface area (Å²) in [7, 11) is 0. The summed E-state index contributed by atoms with van der Waals surface area (Å²) in [6, 6.07) is -3.23. The van der Waals surface area contributed by atoms with Crippen LogP contribution in [-0.2, 0) is 24.0 Å². The van der Waals surface area contributed by atoms with Gasteiger partial charge in [-0.15, -0.1) is 0 Å². The highest BCUT2D eigenvalue weighted by Crippen LogP contribution is 2.04. The SMILES string of the molecule is CCC(C)C(N)C(=O)NCC(=O)NC(CS)C(=O)NC(CCC(N)=O)C(=O)O. The second-order valence-corrected chi connectivity index (χ2v) is 6.70. The summed E-state index contributed by atoms with van der Waals surface area (Å²) in [5.41, 5.74) is 10.7. The van der Waals surface area contributed by atoms with Crippen molar-refractivity contribution in [2.24, 2.45) is 17.4 Å². The molecule has 0 aromatic rings. The molecule has 160 valence electrons. The molecule has 0 aliphatic carbocycles. The number of carboxylic acid groups (broad SMARTS) is 1. The molecule has 0 aromatic carbocycles. The van der Waals surface area contributed by atoms with E-state index >= 15 is 0 Å². The average molecular weight is 420 g/mol. The quantitative estimate of drug-likeness (QED) is 0.163. The molecule has 0 aromatic heterocycles. The van der Waals surface area contributed by atoms with Crippen molar-refractivity contribution < 1.29 is 29.1 Å². The molecular formula is C16H29N5O6S. The fourth-order valence-electron chi connectivity index (χ4n) is 2.05. The number of hydrogen-bond donors (Lipinski definition) is 7. The number of carbonyl (C=O) groups excluding carboxylic acids is 4. The molecule has 0 aliphatic heterocycles. The van der Waals surface area contributed by atoms with Crippen LogP contribution in [0.1, 0.15) is 33.1 Å². The molecular weight excluding hydrogens is 390 g/mol. The maximum atomic E-state index is 12.2. The van der Waals surface area contributed by atoms with E-state index in [0.717, 1.165) is 0 Å². The highest BCUT2D eigenvalue weighted by Gasteiger charge is 2.26. The van der Waals surface area contributed by atoms with E-state index in [1.807, 2.05) is 13.8 Å². The topological polar surface area (TPSA) is 194 Å². The Hall–Kier alpha value is -2.34. The molecule has 0 saturated heterocycles. The third-order valence-corrected chi connectivity index (χ3v) is 4.48. The van der Waals surface area contributed by atoms with Gasteiger partial charge in [0.25, 0.3) is 0 Å². The molecule has 12 heteroatoms. The Morgan fingerprint density at radius 3 is 2.14 bits per heavy atom. The van der Waals surface area contributed by atoms with E-state index in [1.165, 1.54) is 0 Å². The lowest BCUT2D eigenvalue weighted by atomic mass is 9.99. The van der Waals surface area contributed by atoms with Crippen LogP contribution in [0.3, 0.4) is 0 Å². The standard InChI is InChI=1S/C16H29N5O6S/c1-3-8(2)13(18)15(25)19-6-12(23)20-10(7-28)14(24)21-9(16(26)27)4-5-11(17)22/h8-10,13,28H,3-7,18H2,1-2H3,(H2,17,22)(H,19,25)(H,20,23)(H,21,24)(H,26,27). The van der Waals surface area contributed by atoms with Gasteiger partial charge in [-0.3, -0.25) is 19.2 Å². The molecule has 4 amide bonds. The first-order chi connectivity index (χ1) is 13.0. The van der Waals surface area contributed by atoms with Gasteiger partial charge in [-0.05, 0) is 12.3 Å². The lowest BCUT2D eigenvalue weighted by molar-refractivity contribution is -0.142. The van der Waals surface area contributed by atoms with Gasteiger partial charge in [-0.25, -0.2) is 4.79 Å². The smallest absolute Gasteiger partial charge is 0.326 e. The Morgan fingerprint density at radius 1 is 1.07 bits per heavy atom. The van der Waals surface area contributed by atoms with Gasteiger partial charge >= 0.3 is 5.97 Å². The van der Waals surface area contributed by atoms with Gasteiger partial charge in [0, 0.05) is 12.2 Å². The zero-order valence-corrected chi connectivity index (χ0v) is 16.8. The van der Waals surface area contributed by atoms with Gasteiger partial charge in [-0.1, -0.05) is 20.3 Å². The molecule has 0 saturated carbocycles. The Morgan fingerprint density at radius 2 is 1.68 bits per heavy atom. The van der Waals surface area contributed by atoms with Crippen molar-refractivity contribution in [3.8, 4) is 0 Å². The van der Waals surface area contributed by atoms with Gasteiger partial charge in [0.1, 0.15) is 12.1 Å². The van der Waals surface area contributed by atoms with E-state index in [9.17, 15) is 24.0 Å². The predicted molar refractivity (Wildman–Crippen MR) is 104 cm³/mol. The summed E-state index contributed by atoms with van der Waals surface area (Å²) in [6.45, 7) is 3.29. The number of carboxylic acids is 1. The molecule has 28 heavy (non-hydrogen) atoms. The van der Waals surface area contributed by atoms with E-state index in [4.69, 9.17) is 16.6 Å². The van der Waals surface area contributed by atoms with Crippen LogP contribution >= 0.6 is 12.6 Å². The van der Waals surface area contributed by atoms with E-state index in [1.54, 1.807) is 0 Å². The van der Waals surface area contributed by atoms with E-state index in [2.05, 4.69) is 28.6 Å². The van der Waals surface area contributed by atoms with Gasteiger partial charge < -0.3 is 32.5 Å². The molecule has 11 nitrogen and oxygen atoms in total. The fraction of sp³-hybridized carbons (Fsp3) is 0.688. The second-order valence-electron chi connectivity index (χ2n) is 6.34. The van der Waals surface area contributed by atoms with E-state index < -0.39 is 54.3 Å². The van der Waals surface area contributed by atoms with Crippen molar-refractivity contribution in [2.75, 3.05) is 12.3 Å².